The lowest BCUT2D eigenvalue weighted by Crippen LogP contribution is -2.43. The second kappa shape index (κ2) is 4.30. The van der Waals surface area contributed by atoms with E-state index in [4.69, 9.17) is 4.52 Å². The minimum absolute atomic E-state index is 0.621. The van der Waals surface area contributed by atoms with Crippen LogP contribution in [0.5, 0.6) is 0 Å². The lowest BCUT2D eigenvalue weighted by molar-refractivity contribution is 0.333. The van der Waals surface area contributed by atoms with Crippen LogP contribution in [-0.2, 0) is 6.42 Å². The van der Waals surface area contributed by atoms with E-state index in [2.05, 4.69) is 34.5 Å². The van der Waals surface area contributed by atoms with Crippen molar-refractivity contribution in [3.8, 4) is 11.5 Å². The highest BCUT2D eigenvalue weighted by atomic mass is 16.5. The minimum atomic E-state index is 0.621. The largest absolute Gasteiger partial charge is 0.334 e. The Hall–Kier alpha value is -1.68. The lowest BCUT2D eigenvalue weighted by atomic mass is 9.99. The van der Waals surface area contributed by atoms with Crippen LogP contribution in [-0.4, -0.2) is 23.2 Å². The summed E-state index contributed by atoms with van der Waals surface area (Å²) in [5, 5.41) is 7.27. The summed E-state index contributed by atoms with van der Waals surface area (Å²) in [4.78, 5) is 4.44. The Bertz CT molecular complexity index is 517. The van der Waals surface area contributed by atoms with Crippen molar-refractivity contribution in [3.05, 3.63) is 35.7 Å². The molecule has 0 atom stereocenters. The maximum Gasteiger partial charge on any atom is 0.257 e. The van der Waals surface area contributed by atoms with Crippen LogP contribution in [0.1, 0.15) is 11.4 Å². The molecule has 17 heavy (non-hydrogen) atoms. The number of benzene rings is 1. The van der Waals surface area contributed by atoms with E-state index in [0.717, 1.165) is 30.9 Å². The minimum Gasteiger partial charge on any atom is -0.334 e. The van der Waals surface area contributed by atoms with Gasteiger partial charge < -0.3 is 9.84 Å². The zero-order chi connectivity index (χ0) is 11.7. The van der Waals surface area contributed by atoms with Gasteiger partial charge in [-0.25, -0.2) is 0 Å². The molecular formula is C13H15N3O. The Kier molecular flexibility index (Phi) is 2.65. The molecule has 1 aromatic heterocycles. The molecular weight excluding hydrogens is 214 g/mol. The van der Waals surface area contributed by atoms with Gasteiger partial charge >= 0.3 is 0 Å². The number of nitrogens with zero attached hydrogens (tertiary/aromatic N) is 2. The van der Waals surface area contributed by atoms with E-state index >= 15 is 0 Å². The predicted molar refractivity (Wildman–Crippen MR) is 64.5 cm³/mol. The highest BCUT2D eigenvalue weighted by Crippen LogP contribution is 2.19. The molecule has 1 aliphatic rings. The van der Waals surface area contributed by atoms with Gasteiger partial charge in [0.1, 0.15) is 0 Å². The van der Waals surface area contributed by atoms with Crippen LogP contribution in [0.25, 0.3) is 11.5 Å². The fraction of sp³-hybridized carbons (Fsp3) is 0.385. The monoisotopic (exact) mass is 229 g/mol. The van der Waals surface area contributed by atoms with E-state index < -0.39 is 0 Å². The van der Waals surface area contributed by atoms with Crippen LogP contribution < -0.4 is 5.32 Å². The first-order valence-electron chi connectivity index (χ1n) is 5.91. The first-order chi connectivity index (χ1) is 8.31. The summed E-state index contributed by atoms with van der Waals surface area (Å²) in [6, 6.07) is 8.11. The molecule has 2 aromatic rings. The standard InChI is InChI=1S/C13H15N3O/c1-9-3-2-4-11(5-9)13-15-12(16-17-13)6-10-7-14-8-10/h2-5,10,14H,6-8H2,1H3. The Labute approximate surface area is 100 Å². The third-order valence-corrected chi connectivity index (χ3v) is 3.07. The average molecular weight is 229 g/mol. The molecule has 1 saturated heterocycles. The summed E-state index contributed by atoms with van der Waals surface area (Å²) >= 11 is 0. The summed E-state index contributed by atoms with van der Waals surface area (Å²) in [6.07, 6.45) is 0.905. The van der Waals surface area contributed by atoms with Gasteiger partial charge in [-0.3, -0.25) is 0 Å². The van der Waals surface area contributed by atoms with Crippen LogP contribution in [0.3, 0.4) is 0 Å². The molecule has 3 rings (SSSR count). The summed E-state index contributed by atoms with van der Waals surface area (Å²) in [7, 11) is 0. The van der Waals surface area contributed by atoms with Gasteiger partial charge in [-0.15, -0.1) is 0 Å². The molecule has 0 aliphatic carbocycles. The molecule has 1 fully saturated rings. The van der Waals surface area contributed by atoms with Gasteiger partial charge in [-0.05, 0) is 38.1 Å². The third-order valence-electron chi connectivity index (χ3n) is 3.07. The van der Waals surface area contributed by atoms with Crippen molar-refractivity contribution in [1.82, 2.24) is 15.5 Å². The number of nitrogens with one attached hydrogen (secondary N) is 1. The molecule has 0 spiro atoms. The zero-order valence-electron chi connectivity index (χ0n) is 9.81. The lowest BCUT2D eigenvalue weighted by Gasteiger charge is -2.25. The van der Waals surface area contributed by atoms with Crippen molar-refractivity contribution in [2.24, 2.45) is 5.92 Å². The number of hydrogen-bond acceptors (Lipinski definition) is 4. The fourth-order valence-electron chi connectivity index (χ4n) is 1.98. The van der Waals surface area contributed by atoms with Gasteiger partial charge in [0, 0.05) is 12.0 Å². The SMILES string of the molecule is Cc1cccc(-c2nc(CC3CNC3)no2)c1. The molecule has 1 aliphatic heterocycles. The molecule has 0 bridgehead atoms. The van der Waals surface area contributed by atoms with Gasteiger partial charge in [0.25, 0.3) is 5.89 Å². The van der Waals surface area contributed by atoms with E-state index in [0.29, 0.717) is 11.8 Å². The van der Waals surface area contributed by atoms with Crippen molar-refractivity contribution in [2.45, 2.75) is 13.3 Å². The molecule has 4 nitrogen and oxygen atoms in total. The molecule has 2 heterocycles. The van der Waals surface area contributed by atoms with Gasteiger partial charge in [0.05, 0.1) is 0 Å². The van der Waals surface area contributed by atoms with Crippen LogP contribution in [0.4, 0.5) is 0 Å². The Morgan fingerprint density at radius 2 is 2.29 bits per heavy atom. The second-order valence-electron chi connectivity index (χ2n) is 4.61. The third kappa shape index (κ3) is 2.22. The normalized spacial score (nSPS) is 15.8. The first kappa shape index (κ1) is 10.5. The van der Waals surface area contributed by atoms with E-state index in [-0.39, 0.29) is 0 Å². The van der Waals surface area contributed by atoms with Crippen molar-refractivity contribution < 1.29 is 4.52 Å². The summed E-state index contributed by atoms with van der Waals surface area (Å²) in [5.41, 5.74) is 2.20. The maximum atomic E-state index is 5.29. The van der Waals surface area contributed by atoms with E-state index in [1.165, 1.54) is 5.56 Å². The maximum absolute atomic E-state index is 5.29. The van der Waals surface area contributed by atoms with Crippen LogP contribution in [0, 0.1) is 12.8 Å². The molecule has 88 valence electrons. The molecule has 1 N–H and O–H groups in total. The van der Waals surface area contributed by atoms with Crippen molar-refractivity contribution >= 4 is 0 Å². The van der Waals surface area contributed by atoms with Crippen molar-refractivity contribution in [1.29, 1.82) is 0 Å². The molecule has 4 heteroatoms. The Morgan fingerprint density at radius 1 is 1.41 bits per heavy atom. The first-order valence-corrected chi connectivity index (χ1v) is 5.91. The van der Waals surface area contributed by atoms with Crippen LogP contribution in [0.15, 0.2) is 28.8 Å². The summed E-state index contributed by atoms with van der Waals surface area (Å²) < 4.78 is 5.29. The van der Waals surface area contributed by atoms with Gasteiger partial charge in [0.15, 0.2) is 5.82 Å². The smallest absolute Gasteiger partial charge is 0.257 e. The quantitative estimate of drug-likeness (QED) is 0.872. The highest BCUT2D eigenvalue weighted by Gasteiger charge is 2.20. The number of rotatable bonds is 3. The van der Waals surface area contributed by atoms with Gasteiger partial charge in [-0.2, -0.15) is 4.98 Å². The summed E-state index contributed by atoms with van der Waals surface area (Å²) in [6.45, 7) is 4.18. The topological polar surface area (TPSA) is 51.0 Å². The number of hydrogen-bond donors (Lipinski definition) is 1. The molecule has 0 saturated carbocycles. The van der Waals surface area contributed by atoms with E-state index in [1.54, 1.807) is 0 Å². The molecule has 0 amide bonds. The Balaban J connectivity index is 1.79. The molecule has 0 unspecified atom stereocenters. The van der Waals surface area contributed by atoms with Gasteiger partial charge in [-0.1, -0.05) is 22.9 Å². The van der Waals surface area contributed by atoms with Crippen molar-refractivity contribution in [2.75, 3.05) is 13.1 Å². The molecule has 0 radical (unpaired) electrons. The number of aromatic nitrogens is 2. The highest BCUT2D eigenvalue weighted by molar-refractivity contribution is 5.53. The zero-order valence-corrected chi connectivity index (χ0v) is 9.81. The van der Waals surface area contributed by atoms with Gasteiger partial charge in [0.2, 0.25) is 0 Å². The average Bonchev–Trinajstić information content (AvgIpc) is 2.72. The predicted octanol–water partition coefficient (Wildman–Crippen LogP) is 1.81. The van der Waals surface area contributed by atoms with Crippen molar-refractivity contribution in [3.63, 3.8) is 0 Å². The van der Waals surface area contributed by atoms with E-state index in [1.807, 2.05) is 12.1 Å². The van der Waals surface area contributed by atoms with Crippen LogP contribution in [0.2, 0.25) is 0 Å². The summed E-state index contributed by atoms with van der Waals surface area (Å²) in [5.74, 6) is 2.10. The number of aryl methyl sites for hydroxylation is 1. The molecule has 1 aromatic carbocycles. The Morgan fingerprint density at radius 3 is 3.00 bits per heavy atom. The van der Waals surface area contributed by atoms with E-state index in [9.17, 15) is 0 Å². The second-order valence-corrected chi connectivity index (χ2v) is 4.61. The van der Waals surface area contributed by atoms with Crippen LogP contribution >= 0.6 is 0 Å². The fourth-order valence-corrected chi connectivity index (χ4v) is 1.98.